The molecular formula is C19H15N5OS3. The lowest BCUT2D eigenvalue weighted by Crippen LogP contribution is -2.17. The molecule has 1 aromatic carbocycles. The molecule has 4 aromatic heterocycles. The first-order chi connectivity index (χ1) is 13.8. The lowest BCUT2D eigenvalue weighted by molar-refractivity contribution is 0.670. The molecule has 0 N–H and O–H groups in total. The molecule has 0 amide bonds. The Morgan fingerprint density at radius 2 is 1.93 bits per heavy atom. The Labute approximate surface area is 171 Å². The van der Waals surface area contributed by atoms with Gasteiger partial charge in [0, 0.05) is 22.4 Å². The van der Waals surface area contributed by atoms with Gasteiger partial charge in [0.2, 0.25) is 4.96 Å². The van der Waals surface area contributed by atoms with Crippen LogP contribution in [0.3, 0.4) is 0 Å². The number of aromatic nitrogens is 5. The third-order valence-corrected chi connectivity index (χ3v) is 8.19. The first-order valence-corrected chi connectivity index (χ1v) is 11.8. The van der Waals surface area contributed by atoms with E-state index < -0.39 is 0 Å². The van der Waals surface area contributed by atoms with Gasteiger partial charge in [-0.3, -0.25) is 13.6 Å². The van der Waals surface area contributed by atoms with Gasteiger partial charge in [0.05, 0.1) is 15.9 Å². The van der Waals surface area contributed by atoms with Gasteiger partial charge in [-0.05, 0) is 37.8 Å². The van der Waals surface area contributed by atoms with Crippen molar-refractivity contribution in [1.82, 2.24) is 24.0 Å². The monoisotopic (exact) mass is 425 g/mol. The van der Waals surface area contributed by atoms with E-state index >= 15 is 0 Å². The van der Waals surface area contributed by atoms with E-state index in [1.807, 2.05) is 16.5 Å². The Bertz CT molecular complexity index is 1410. The zero-order valence-corrected chi connectivity index (χ0v) is 17.2. The van der Waals surface area contributed by atoms with E-state index in [-0.39, 0.29) is 5.56 Å². The summed E-state index contributed by atoms with van der Waals surface area (Å²) in [6.07, 6.45) is 4.40. The third-order valence-electron chi connectivity index (χ3n) is 5.07. The van der Waals surface area contributed by atoms with Gasteiger partial charge in [0.15, 0.2) is 10.1 Å². The normalized spacial score (nSPS) is 14.3. The zero-order valence-electron chi connectivity index (χ0n) is 14.8. The number of thiazole rings is 2. The molecule has 0 fully saturated rings. The molecule has 0 saturated heterocycles. The summed E-state index contributed by atoms with van der Waals surface area (Å²) in [6, 6.07) is 9.91. The van der Waals surface area contributed by atoms with Crippen LogP contribution < -0.4 is 5.56 Å². The van der Waals surface area contributed by atoms with Crippen LogP contribution in [0.15, 0.2) is 40.3 Å². The fourth-order valence-electron chi connectivity index (χ4n) is 3.80. The second-order valence-electron chi connectivity index (χ2n) is 6.84. The molecule has 28 heavy (non-hydrogen) atoms. The zero-order chi connectivity index (χ0) is 18.7. The maximum Gasteiger partial charge on any atom is 0.259 e. The van der Waals surface area contributed by atoms with E-state index in [4.69, 9.17) is 4.98 Å². The SMILES string of the molecule is O=c1cc(CSc2nnc3sc4ccccc4n23)nc2sc3c(n12)CCCC3. The van der Waals surface area contributed by atoms with Gasteiger partial charge in [-0.25, -0.2) is 4.98 Å². The van der Waals surface area contributed by atoms with Crippen molar-refractivity contribution in [2.75, 3.05) is 0 Å². The predicted molar refractivity (Wildman–Crippen MR) is 114 cm³/mol. The number of aryl methyl sites for hydroxylation is 2. The Balaban J connectivity index is 1.36. The van der Waals surface area contributed by atoms with Crippen molar-refractivity contribution >= 4 is 54.6 Å². The van der Waals surface area contributed by atoms with Crippen molar-refractivity contribution in [3.8, 4) is 0 Å². The molecule has 0 radical (unpaired) electrons. The van der Waals surface area contributed by atoms with Crippen LogP contribution in [0.25, 0.3) is 20.1 Å². The van der Waals surface area contributed by atoms with Crippen LogP contribution in [0.1, 0.15) is 29.1 Å². The molecule has 0 aliphatic heterocycles. The highest BCUT2D eigenvalue weighted by molar-refractivity contribution is 7.98. The van der Waals surface area contributed by atoms with Gasteiger partial charge in [-0.1, -0.05) is 35.2 Å². The largest absolute Gasteiger partial charge is 0.269 e. The first kappa shape index (κ1) is 16.7. The fourth-order valence-corrected chi connectivity index (χ4v) is 6.90. The fraction of sp³-hybridized carbons (Fsp3) is 0.263. The molecule has 6 nitrogen and oxygen atoms in total. The van der Waals surface area contributed by atoms with Crippen molar-refractivity contribution in [2.45, 2.75) is 36.6 Å². The molecule has 1 aliphatic rings. The van der Waals surface area contributed by atoms with Gasteiger partial charge >= 0.3 is 0 Å². The number of nitrogens with zero attached hydrogens (tertiary/aromatic N) is 5. The lowest BCUT2D eigenvalue weighted by atomic mass is 10.0. The Morgan fingerprint density at radius 3 is 2.89 bits per heavy atom. The minimum absolute atomic E-state index is 0.0346. The number of benzene rings is 1. The van der Waals surface area contributed by atoms with Gasteiger partial charge in [0.1, 0.15) is 0 Å². The van der Waals surface area contributed by atoms with Crippen LogP contribution in [0.4, 0.5) is 0 Å². The molecule has 9 heteroatoms. The summed E-state index contributed by atoms with van der Waals surface area (Å²) in [4.78, 5) is 20.5. The van der Waals surface area contributed by atoms with Crippen molar-refractivity contribution in [2.24, 2.45) is 0 Å². The quantitative estimate of drug-likeness (QED) is 0.406. The molecule has 6 rings (SSSR count). The number of hydrogen-bond donors (Lipinski definition) is 0. The Hall–Kier alpha value is -2.23. The van der Waals surface area contributed by atoms with E-state index in [1.54, 1.807) is 40.5 Å². The van der Waals surface area contributed by atoms with Crippen molar-refractivity contribution in [3.63, 3.8) is 0 Å². The van der Waals surface area contributed by atoms with Crippen molar-refractivity contribution in [3.05, 3.63) is 57.0 Å². The minimum atomic E-state index is 0.0346. The molecule has 0 bridgehead atoms. The summed E-state index contributed by atoms with van der Waals surface area (Å²) in [5, 5.41) is 9.48. The molecule has 0 atom stereocenters. The number of hydrogen-bond acceptors (Lipinski definition) is 7. The highest BCUT2D eigenvalue weighted by Crippen LogP contribution is 2.31. The predicted octanol–water partition coefficient (Wildman–Crippen LogP) is 4.18. The molecule has 5 aromatic rings. The van der Waals surface area contributed by atoms with E-state index in [9.17, 15) is 4.79 Å². The molecule has 140 valence electrons. The van der Waals surface area contributed by atoms with E-state index in [2.05, 4.69) is 26.7 Å². The molecule has 0 unspecified atom stereocenters. The van der Waals surface area contributed by atoms with Gasteiger partial charge in [0.25, 0.3) is 5.56 Å². The van der Waals surface area contributed by atoms with Crippen LogP contribution >= 0.6 is 34.4 Å². The first-order valence-electron chi connectivity index (χ1n) is 9.16. The smallest absolute Gasteiger partial charge is 0.259 e. The molecule has 4 heterocycles. The number of thioether (sulfide) groups is 1. The Kier molecular flexibility index (Phi) is 3.82. The Morgan fingerprint density at radius 1 is 1.04 bits per heavy atom. The molecule has 1 aliphatic carbocycles. The topological polar surface area (TPSA) is 64.6 Å². The van der Waals surface area contributed by atoms with Crippen LogP contribution in [0.2, 0.25) is 0 Å². The number of rotatable bonds is 3. The van der Waals surface area contributed by atoms with Gasteiger partial charge in [-0.2, -0.15) is 0 Å². The van der Waals surface area contributed by atoms with Crippen LogP contribution in [0.5, 0.6) is 0 Å². The molecule has 0 spiro atoms. The minimum Gasteiger partial charge on any atom is -0.269 e. The second kappa shape index (κ2) is 6.40. The lowest BCUT2D eigenvalue weighted by Gasteiger charge is -2.10. The second-order valence-corrected chi connectivity index (χ2v) is 9.86. The maximum atomic E-state index is 12.7. The number of fused-ring (bicyclic) bond motifs is 6. The summed E-state index contributed by atoms with van der Waals surface area (Å²) in [6.45, 7) is 0. The third kappa shape index (κ3) is 2.53. The van der Waals surface area contributed by atoms with Gasteiger partial charge < -0.3 is 0 Å². The summed E-state index contributed by atoms with van der Waals surface area (Å²) >= 11 is 4.87. The van der Waals surface area contributed by atoms with Crippen molar-refractivity contribution in [1.29, 1.82) is 0 Å². The number of para-hydroxylation sites is 1. The summed E-state index contributed by atoms with van der Waals surface area (Å²) in [5.41, 5.74) is 3.12. The van der Waals surface area contributed by atoms with Crippen LogP contribution in [-0.2, 0) is 18.6 Å². The maximum absolute atomic E-state index is 12.7. The van der Waals surface area contributed by atoms with E-state index in [0.29, 0.717) is 5.75 Å². The van der Waals surface area contributed by atoms with Crippen LogP contribution in [-0.4, -0.2) is 24.0 Å². The van der Waals surface area contributed by atoms with Crippen molar-refractivity contribution < 1.29 is 0 Å². The molecular weight excluding hydrogens is 410 g/mol. The van der Waals surface area contributed by atoms with Crippen LogP contribution in [0, 0.1) is 0 Å². The van der Waals surface area contributed by atoms with E-state index in [1.165, 1.54) is 21.7 Å². The summed E-state index contributed by atoms with van der Waals surface area (Å²) in [5.74, 6) is 0.597. The van der Waals surface area contributed by atoms with E-state index in [0.717, 1.165) is 45.6 Å². The van der Waals surface area contributed by atoms with Gasteiger partial charge in [-0.15, -0.1) is 21.5 Å². The average molecular weight is 426 g/mol. The molecule has 0 saturated carbocycles. The highest BCUT2D eigenvalue weighted by atomic mass is 32.2. The highest BCUT2D eigenvalue weighted by Gasteiger charge is 2.19. The average Bonchev–Trinajstić information content (AvgIpc) is 3.37. The standard InChI is InChI=1S/C19H15N5OS3/c25-16-9-11(20-17-23(16)12-5-1-3-7-14(12)27-17)10-26-18-21-22-19-24(18)13-6-2-4-8-15(13)28-19/h2,4,6,8-9H,1,3,5,7,10H2. The summed E-state index contributed by atoms with van der Waals surface area (Å²) < 4.78 is 5.09. The summed E-state index contributed by atoms with van der Waals surface area (Å²) in [7, 11) is 0.